The molecular weight excluding hydrogens is 474 g/mol. The van der Waals surface area contributed by atoms with Gasteiger partial charge in [0.2, 0.25) is 0 Å². The Bertz CT molecular complexity index is 1600. The van der Waals surface area contributed by atoms with Gasteiger partial charge in [-0.1, -0.05) is 18.2 Å². The summed E-state index contributed by atoms with van der Waals surface area (Å²) in [5, 5.41) is 24.5. The fraction of sp³-hybridized carbons (Fsp3) is 0. The Morgan fingerprint density at radius 3 is 1.73 bits per heavy atom. The molecule has 0 radical (unpaired) electrons. The van der Waals surface area contributed by atoms with Crippen LogP contribution in [0.3, 0.4) is 0 Å². The van der Waals surface area contributed by atoms with Crippen LogP contribution >= 0.6 is 0 Å². The highest BCUT2D eigenvalue weighted by Crippen LogP contribution is 2.30. The summed E-state index contributed by atoms with van der Waals surface area (Å²) in [4.78, 5) is 52.6. The molecule has 4 aromatic carbocycles. The van der Waals surface area contributed by atoms with Crippen LogP contribution in [0.25, 0.3) is 0 Å². The highest BCUT2D eigenvalue weighted by atomic mass is 16.3. The van der Waals surface area contributed by atoms with E-state index in [0.717, 1.165) is 4.90 Å². The summed E-state index contributed by atoms with van der Waals surface area (Å²) in [5.74, 6) is -2.23. The van der Waals surface area contributed by atoms with E-state index in [0.29, 0.717) is 11.4 Å². The van der Waals surface area contributed by atoms with Crippen LogP contribution in [0.5, 0.6) is 11.5 Å². The molecule has 1 heterocycles. The second kappa shape index (κ2) is 9.31. The highest BCUT2D eigenvalue weighted by molar-refractivity contribution is 6.35. The molecule has 1 aliphatic heterocycles. The van der Waals surface area contributed by atoms with Gasteiger partial charge in [-0.15, -0.1) is 0 Å². The van der Waals surface area contributed by atoms with E-state index in [-0.39, 0.29) is 39.4 Å². The van der Waals surface area contributed by atoms with Crippen molar-refractivity contribution in [1.29, 1.82) is 0 Å². The van der Waals surface area contributed by atoms with Gasteiger partial charge in [0.05, 0.1) is 16.8 Å². The lowest BCUT2D eigenvalue weighted by molar-refractivity contribution is 0.0923. The summed E-state index contributed by atoms with van der Waals surface area (Å²) in [7, 11) is 0. The number of aromatic hydroxyl groups is 2. The molecule has 0 saturated carbocycles. The minimum absolute atomic E-state index is 0.00691. The lowest BCUT2D eigenvalue weighted by atomic mass is 10.1. The number of amides is 4. The Balaban J connectivity index is 1.38. The van der Waals surface area contributed by atoms with Crippen molar-refractivity contribution in [3.8, 4) is 11.5 Å². The molecule has 0 saturated heterocycles. The van der Waals surface area contributed by atoms with Crippen LogP contribution in [-0.2, 0) is 0 Å². The molecule has 0 unspecified atom stereocenters. The highest BCUT2D eigenvalue weighted by Gasteiger charge is 2.37. The second-order valence-corrected chi connectivity index (χ2v) is 8.27. The lowest BCUT2D eigenvalue weighted by Crippen LogP contribution is -2.29. The Morgan fingerprint density at radius 1 is 0.595 bits per heavy atom. The fourth-order valence-electron chi connectivity index (χ4n) is 3.98. The number of rotatable bonds is 5. The quantitative estimate of drug-likeness (QED) is 0.304. The van der Waals surface area contributed by atoms with Gasteiger partial charge in [-0.3, -0.25) is 19.2 Å². The number of anilines is 3. The number of hydrogen-bond acceptors (Lipinski definition) is 6. The number of carbonyl (C=O) groups excluding carboxylic acids is 4. The summed E-state index contributed by atoms with van der Waals surface area (Å²) in [6.07, 6.45) is 0. The summed E-state index contributed by atoms with van der Waals surface area (Å²) in [6.45, 7) is 0. The second-order valence-electron chi connectivity index (χ2n) is 8.27. The first-order chi connectivity index (χ1) is 17.8. The molecule has 0 aliphatic carbocycles. The fourth-order valence-corrected chi connectivity index (χ4v) is 3.98. The Morgan fingerprint density at radius 2 is 1.14 bits per heavy atom. The number of nitrogens with one attached hydrogen (secondary N) is 2. The Hall–Kier alpha value is -5.44. The van der Waals surface area contributed by atoms with Gasteiger partial charge in [-0.2, -0.15) is 0 Å². The standard InChI is InChI=1S/C28H19N3O6/c32-21-8-2-5-18(14-21)29-25(34)16-4-1-7-20(12-16)31-27(36)23-11-10-17(13-24(23)28(31)37)26(35)30-19-6-3-9-22(33)15-19/h1-15,32-33H,(H,29,34)(H,30,35). The van der Waals surface area contributed by atoms with Crippen molar-refractivity contribution in [2.75, 3.05) is 15.5 Å². The molecule has 5 rings (SSSR count). The van der Waals surface area contributed by atoms with Crippen molar-refractivity contribution < 1.29 is 29.4 Å². The van der Waals surface area contributed by atoms with E-state index >= 15 is 0 Å². The van der Waals surface area contributed by atoms with E-state index in [1.54, 1.807) is 30.3 Å². The lowest BCUT2D eigenvalue weighted by Gasteiger charge is -2.15. The molecule has 0 spiro atoms. The SMILES string of the molecule is O=C(Nc1cccc(O)c1)c1cccc(N2C(=O)c3ccc(C(=O)Nc4cccc(O)c4)cc3C2=O)c1. The first-order valence-corrected chi connectivity index (χ1v) is 11.1. The summed E-state index contributed by atoms with van der Waals surface area (Å²) < 4.78 is 0. The average Bonchev–Trinajstić information content (AvgIpc) is 3.13. The summed E-state index contributed by atoms with van der Waals surface area (Å²) in [5.41, 5.74) is 1.49. The third-order valence-corrected chi connectivity index (χ3v) is 5.72. The topological polar surface area (TPSA) is 136 Å². The van der Waals surface area contributed by atoms with Crippen LogP contribution in [0.15, 0.2) is 91.0 Å². The zero-order chi connectivity index (χ0) is 26.1. The van der Waals surface area contributed by atoms with Crippen molar-refractivity contribution in [3.05, 3.63) is 113 Å². The number of hydrogen-bond donors (Lipinski definition) is 4. The molecule has 37 heavy (non-hydrogen) atoms. The first kappa shape index (κ1) is 23.3. The Kier molecular flexibility index (Phi) is 5.86. The van der Waals surface area contributed by atoms with Crippen molar-refractivity contribution in [3.63, 3.8) is 0 Å². The van der Waals surface area contributed by atoms with Crippen molar-refractivity contribution >= 4 is 40.7 Å². The maximum absolute atomic E-state index is 13.2. The normalized spacial score (nSPS) is 12.3. The smallest absolute Gasteiger partial charge is 0.266 e. The molecule has 4 N–H and O–H groups in total. The number of nitrogens with zero attached hydrogens (tertiary/aromatic N) is 1. The van der Waals surface area contributed by atoms with Gasteiger partial charge >= 0.3 is 0 Å². The van der Waals surface area contributed by atoms with Gasteiger partial charge in [0, 0.05) is 34.6 Å². The van der Waals surface area contributed by atoms with Crippen LogP contribution in [0.2, 0.25) is 0 Å². The molecule has 0 atom stereocenters. The summed E-state index contributed by atoms with van der Waals surface area (Å²) >= 11 is 0. The maximum Gasteiger partial charge on any atom is 0.266 e. The molecule has 4 amide bonds. The third kappa shape index (κ3) is 4.61. The number of phenols is 2. The van der Waals surface area contributed by atoms with E-state index in [2.05, 4.69) is 10.6 Å². The zero-order valence-electron chi connectivity index (χ0n) is 19.1. The van der Waals surface area contributed by atoms with Gasteiger partial charge in [0.15, 0.2) is 0 Å². The van der Waals surface area contributed by atoms with E-state index in [4.69, 9.17) is 0 Å². The Labute approximate surface area is 210 Å². The molecule has 9 heteroatoms. The van der Waals surface area contributed by atoms with Gasteiger partial charge in [-0.05, 0) is 60.7 Å². The van der Waals surface area contributed by atoms with Crippen molar-refractivity contribution in [1.82, 2.24) is 0 Å². The number of phenolic OH excluding ortho intramolecular Hbond substituents is 2. The molecule has 0 aromatic heterocycles. The van der Waals surface area contributed by atoms with Crippen molar-refractivity contribution in [2.24, 2.45) is 0 Å². The van der Waals surface area contributed by atoms with Gasteiger partial charge in [0.25, 0.3) is 23.6 Å². The van der Waals surface area contributed by atoms with Gasteiger partial charge < -0.3 is 20.8 Å². The molecule has 9 nitrogen and oxygen atoms in total. The summed E-state index contributed by atoms with van der Waals surface area (Å²) in [6, 6.07) is 22.3. The predicted molar refractivity (Wildman–Crippen MR) is 136 cm³/mol. The van der Waals surface area contributed by atoms with Gasteiger partial charge in [0.1, 0.15) is 11.5 Å². The molecule has 0 bridgehead atoms. The zero-order valence-corrected chi connectivity index (χ0v) is 19.1. The van der Waals surface area contributed by atoms with Crippen LogP contribution in [-0.4, -0.2) is 33.8 Å². The molecule has 182 valence electrons. The van der Waals surface area contributed by atoms with Crippen LogP contribution in [0.4, 0.5) is 17.1 Å². The van der Waals surface area contributed by atoms with Crippen LogP contribution < -0.4 is 15.5 Å². The number of fused-ring (bicyclic) bond motifs is 1. The molecule has 1 aliphatic rings. The first-order valence-electron chi connectivity index (χ1n) is 11.1. The van der Waals surface area contributed by atoms with E-state index < -0.39 is 23.6 Å². The predicted octanol–water partition coefficient (Wildman–Crippen LogP) is 4.40. The number of carbonyl (C=O) groups is 4. The van der Waals surface area contributed by atoms with E-state index in [1.165, 1.54) is 60.7 Å². The molecule has 4 aromatic rings. The molecular formula is C28H19N3O6. The van der Waals surface area contributed by atoms with Crippen LogP contribution in [0.1, 0.15) is 41.4 Å². The molecule has 0 fully saturated rings. The van der Waals surface area contributed by atoms with E-state index in [9.17, 15) is 29.4 Å². The monoisotopic (exact) mass is 493 g/mol. The van der Waals surface area contributed by atoms with Crippen LogP contribution in [0, 0.1) is 0 Å². The minimum atomic E-state index is -0.627. The minimum Gasteiger partial charge on any atom is -0.508 e. The number of imide groups is 1. The third-order valence-electron chi connectivity index (χ3n) is 5.72. The van der Waals surface area contributed by atoms with Crippen molar-refractivity contribution in [2.45, 2.75) is 0 Å². The maximum atomic E-state index is 13.2. The number of benzene rings is 4. The van der Waals surface area contributed by atoms with E-state index in [1.807, 2.05) is 0 Å². The largest absolute Gasteiger partial charge is 0.508 e. The van der Waals surface area contributed by atoms with Gasteiger partial charge in [-0.25, -0.2) is 4.90 Å². The average molecular weight is 493 g/mol.